The van der Waals surface area contributed by atoms with E-state index in [-0.39, 0.29) is 11.5 Å². The molecule has 1 fully saturated rings. The Balaban J connectivity index is 2.14. The Morgan fingerprint density at radius 3 is 2.75 bits per heavy atom. The summed E-state index contributed by atoms with van der Waals surface area (Å²) in [7, 11) is 0. The summed E-state index contributed by atoms with van der Waals surface area (Å²) in [5.74, 6) is 0.171. The lowest BCUT2D eigenvalue weighted by Gasteiger charge is -2.17. The van der Waals surface area contributed by atoms with Gasteiger partial charge in [0.1, 0.15) is 17.7 Å². The van der Waals surface area contributed by atoms with Crippen LogP contribution in [0, 0.1) is 22.7 Å². The van der Waals surface area contributed by atoms with Crippen LogP contribution in [0.4, 0.5) is 5.69 Å². The first-order valence-electron chi connectivity index (χ1n) is 6.37. The maximum absolute atomic E-state index is 11.7. The van der Waals surface area contributed by atoms with E-state index in [0.717, 1.165) is 24.2 Å². The van der Waals surface area contributed by atoms with Gasteiger partial charge in [-0.15, -0.1) is 0 Å². The number of likely N-dealkylation sites (tertiary alicyclic amines) is 1. The number of amides is 1. The summed E-state index contributed by atoms with van der Waals surface area (Å²) in [6.45, 7) is 1.33. The molecule has 2 rings (SSSR count). The van der Waals surface area contributed by atoms with Crippen molar-refractivity contribution in [2.75, 3.05) is 11.9 Å². The highest BCUT2D eigenvalue weighted by molar-refractivity contribution is 5.78. The summed E-state index contributed by atoms with van der Waals surface area (Å²) in [6, 6.07) is 11.1. The molecule has 0 bridgehead atoms. The minimum atomic E-state index is 0.0112. The van der Waals surface area contributed by atoms with Gasteiger partial charge in [0.05, 0.1) is 0 Å². The lowest BCUT2D eigenvalue weighted by molar-refractivity contribution is -0.128. The number of allylic oxidation sites excluding steroid dienone is 1. The molecule has 20 heavy (non-hydrogen) atoms. The topological polar surface area (TPSA) is 79.9 Å². The SMILES string of the molecule is N#CC(C#N)=CNc1ccccc1CN1CCCC1=O. The van der Waals surface area contributed by atoms with Crippen LogP contribution in [-0.2, 0) is 11.3 Å². The van der Waals surface area contributed by atoms with Crippen molar-refractivity contribution < 1.29 is 4.79 Å². The fourth-order valence-electron chi connectivity index (χ4n) is 2.12. The van der Waals surface area contributed by atoms with Crippen LogP contribution in [0.15, 0.2) is 36.0 Å². The van der Waals surface area contributed by atoms with Gasteiger partial charge >= 0.3 is 0 Å². The van der Waals surface area contributed by atoms with Gasteiger partial charge in [-0.05, 0) is 18.1 Å². The number of nitrogens with one attached hydrogen (secondary N) is 1. The smallest absolute Gasteiger partial charge is 0.222 e. The van der Waals surface area contributed by atoms with Crippen molar-refractivity contribution in [3.05, 3.63) is 41.6 Å². The molecule has 0 unspecified atom stereocenters. The molecular formula is C15H14N4O. The van der Waals surface area contributed by atoms with Gasteiger partial charge in [-0.2, -0.15) is 10.5 Å². The van der Waals surface area contributed by atoms with Gasteiger partial charge in [0.15, 0.2) is 0 Å². The van der Waals surface area contributed by atoms with Crippen LogP contribution in [0.3, 0.4) is 0 Å². The average Bonchev–Trinajstić information content (AvgIpc) is 2.87. The highest BCUT2D eigenvalue weighted by atomic mass is 16.2. The molecular weight excluding hydrogens is 252 g/mol. The van der Waals surface area contributed by atoms with Crippen LogP contribution in [0.5, 0.6) is 0 Å². The Labute approximate surface area is 117 Å². The van der Waals surface area contributed by atoms with E-state index in [1.54, 1.807) is 12.1 Å². The number of nitriles is 2. The van der Waals surface area contributed by atoms with E-state index in [1.807, 2.05) is 29.2 Å². The van der Waals surface area contributed by atoms with Gasteiger partial charge in [0.25, 0.3) is 0 Å². The number of nitrogens with zero attached hydrogens (tertiary/aromatic N) is 3. The molecule has 1 saturated heterocycles. The van der Waals surface area contributed by atoms with Crippen LogP contribution < -0.4 is 5.32 Å². The van der Waals surface area contributed by atoms with Crippen LogP contribution in [0.1, 0.15) is 18.4 Å². The fraction of sp³-hybridized carbons (Fsp3) is 0.267. The normalized spacial score (nSPS) is 13.5. The molecule has 5 heteroatoms. The van der Waals surface area contributed by atoms with Crippen LogP contribution in [-0.4, -0.2) is 17.4 Å². The summed E-state index contributed by atoms with van der Waals surface area (Å²) in [6.07, 6.45) is 2.90. The van der Waals surface area contributed by atoms with E-state index in [4.69, 9.17) is 10.5 Å². The third-order valence-electron chi connectivity index (χ3n) is 3.16. The second-order valence-corrected chi connectivity index (χ2v) is 4.50. The van der Waals surface area contributed by atoms with Crippen molar-refractivity contribution in [3.63, 3.8) is 0 Å². The minimum absolute atomic E-state index is 0.0112. The zero-order chi connectivity index (χ0) is 14.4. The number of para-hydroxylation sites is 1. The first kappa shape index (κ1) is 13.6. The molecule has 0 aromatic heterocycles. The molecule has 0 saturated carbocycles. The average molecular weight is 266 g/mol. The van der Waals surface area contributed by atoms with Gasteiger partial charge in [-0.1, -0.05) is 18.2 Å². The summed E-state index contributed by atoms with van der Waals surface area (Å²) >= 11 is 0. The van der Waals surface area contributed by atoms with Gasteiger partial charge in [0, 0.05) is 31.4 Å². The quantitative estimate of drug-likeness (QED) is 0.847. The zero-order valence-electron chi connectivity index (χ0n) is 11.0. The number of carbonyl (C=O) groups excluding carboxylic acids is 1. The molecule has 1 N–H and O–H groups in total. The monoisotopic (exact) mass is 266 g/mol. The number of benzene rings is 1. The Hall–Kier alpha value is -2.79. The van der Waals surface area contributed by atoms with Gasteiger partial charge in [-0.25, -0.2) is 0 Å². The molecule has 100 valence electrons. The summed E-state index contributed by atoms with van der Waals surface area (Å²) in [5.41, 5.74) is 1.78. The summed E-state index contributed by atoms with van der Waals surface area (Å²) < 4.78 is 0. The van der Waals surface area contributed by atoms with Crippen molar-refractivity contribution >= 4 is 11.6 Å². The maximum atomic E-state index is 11.7. The Morgan fingerprint density at radius 2 is 2.10 bits per heavy atom. The third-order valence-corrected chi connectivity index (χ3v) is 3.16. The number of anilines is 1. The van der Waals surface area contributed by atoms with Gasteiger partial charge in [0.2, 0.25) is 5.91 Å². The molecule has 1 aliphatic rings. The zero-order valence-corrected chi connectivity index (χ0v) is 11.0. The number of rotatable bonds is 4. The van der Waals surface area contributed by atoms with Gasteiger partial charge in [-0.3, -0.25) is 4.79 Å². The van der Waals surface area contributed by atoms with Crippen molar-refractivity contribution in [2.24, 2.45) is 0 Å². The van der Waals surface area contributed by atoms with E-state index in [0.29, 0.717) is 13.0 Å². The number of hydrogen-bond donors (Lipinski definition) is 1. The lowest BCUT2D eigenvalue weighted by atomic mass is 10.1. The molecule has 0 aliphatic carbocycles. The molecule has 1 aromatic carbocycles. The predicted octanol–water partition coefficient (Wildman–Crippen LogP) is 2.15. The fourth-order valence-corrected chi connectivity index (χ4v) is 2.12. The van der Waals surface area contributed by atoms with Crippen molar-refractivity contribution in [2.45, 2.75) is 19.4 Å². The Morgan fingerprint density at radius 1 is 1.35 bits per heavy atom. The second kappa shape index (κ2) is 6.40. The maximum Gasteiger partial charge on any atom is 0.222 e. The first-order chi connectivity index (χ1) is 9.74. The van der Waals surface area contributed by atoms with Crippen LogP contribution in [0.2, 0.25) is 0 Å². The van der Waals surface area contributed by atoms with E-state index < -0.39 is 0 Å². The van der Waals surface area contributed by atoms with Crippen molar-refractivity contribution in [3.8, 4) is 12.1 Å². The molecule has 1 heterocycles. The highest BCUT2D eigenvalue weighted by Crippen LogP contribution is 2.20. The molecule has 1 aromatic rings. The summed E-state index contributed by atoms with van der Waals surface area (Å²) in [5, 5.41) is 20.4. The van der Waals surface area contributed by atoms with Crippen molar-refractivity contribution in [1.29, 1.82) is 10.5 Å². The highest BCUT2D eigenvalue weighted by Gasteiger charge is 2.20. The molecule has 0 atom stereocenters. The largest absolute Gasteiger partial charge is 0.360 e. The van der Waals surface area contributed by atoms with Crippen LogP contribution >= 0.6 is 0 Å². The third kappa shape index (κ3) is 3.15. The van der Waals surface area contributed by atoms with Gasteiger partial charge < -0.3 is 10.2 Å². The van der Waals surface area contributed by atoms with E-state index in [2.05, 4.69) is 5.32 Å². The Kier molecular flexibility index (Phi) is 4.36. The Bertz CT molecular complexity index is 605. The molecule has 1 aliphatic heterocycles. The summed E-state index contributed by atoms with van der Waals surface area (Å²) in [4.78, 5) is 13.5. The standard InChI is InChI=1S/C15H14N4O/c16-8-12(9-17)10-18-14-5-2-1-4-13(14)11-19-7-3-6-15(19)20/h1-2,4-5,10,18H,3,6-7,11H2. The lowest BCUT2D eigenvalue weighted by Crippen LogP contribution is -2.24. The molecule has 0 spiro atoms. The van der Waals surface area contributed by atoms with E-state index in [1.165, 1.54) is 6.20 Å². The van der Waals surface area contributed by atoms with Crippen molar-refractivity contribution in [1.82, 2.24) is 4.90 Å². The first-order valence-corrected chi connectivity index (χ1v) is 6.37. The molecule has 5 nitrogen and oxygen atoms in total. The molecule has 1 amide bonds. The minimum Gasteiger partial charge on any atom is -0.360 e. The number of carbonyl (C=O) groups is 1. The molecule has 0 radical (unpaired) electrons. The van der Waals surface area contributed by atoms with E-state index in [9.17, 15) is 4.79 Å². The predicted molar refractivity (Wildman–Crippen MR) is 74.0 cm³/mol. The van der Waals surface area contributed by atoms with Crippen LogP contribution in [0.25, 0.3) is 0 Å². The number of hydrogen-bond acceptors (Lipinski definition) is 4. The van der Waals surface area contributed by atoms with E-state index >= 15 is 0 Å². The second-order valence-electron chi connectivity index (χ2n) is 4.50.